The van der Waals surface area contributed by atoms with Gasteiger partial charge in [0.25, 0.3) is 0 Å². The van der Waals surface area contributed by atoms with Gasteiger partial charge in [0.1, 0.15) is 0 Å². The normalized spacial score (nSPS) is 31.1. The van der Waals surface area contributed by atoms with E-state index in [2.05, 4.69) is 0 Å². The van der Waals surface area contributed by atoms with Crippen molar-refractivity contribution in [1.82, 2.24) is 0 Å². The van der Waals surface area contributed by atoms with Gasteiger partial charge in [-0.1, -0.05) is 11.6 Å². The molecule has 2 nitrogen and oxygen atoms in total. The minimum atomic E-state index is -1.56. The highest BCUT2D eigenvalue weighted by Gasteiger charge is 2.33. The van der Waals surface area contributed by atoms with E-state index in [4.69, 9.17) is 21.4 Å². The summed E-state index contributed by atoms with van der Waals surface area (Å²) in [6.07, 6.45) is -0.921. The molecule has 94 valence electrons. The first-order valence-electron chi connectivity index (χ1n) is 7.50. The number of nitrogens with two attached hydrogens (primary N) is 1. The van der Waals surface area contributed by atoms with Crippen molar-refractivity contribution in [2.45, 2.75) is 32.6 Å². The van der Waals surface area contributed by atoms with Gasteiger partial charge in [-0.15, -0.1) is 0 Å². The van der Waals surface area contributed by atoms with Crippen molar-refractivity contribution in [3.05, 3.63) is 39.4 Å². The van der Waals surface area contributed by atoms with Gasteiger partial charge in [-0.25, -0.2) is 0 Å². The van der Waals surface area contributed by atoms with Gasteiger partial charge in [-0.05, 0) is 72.5 Å². The first-order chi connectivity index (χ1) is 9.67. The number of benzene rings is 1. The molecule has 0 spiro atoms. The summed E-state index contributed by atoms with van der Waals surface area (Å²) in [6, 6.07) is 3.56. The van der Waals surface area contributed by atoms with Gasteiger partial charge in [-0.3, -0.25) is 4.79 Å². The molecule has 1 aromatic carbocycles. The van der Waals surface area contributed by atoms with Crippen molar-refractivity contribution in [3.63, 3.8) is 0 Å². The fourth-order valence-electron chi connectivity index (χ4n) is 2.85. The van der Waals surface area contributed by atoms with E-state index in [0.717, 1.165) is 16.7 Å². The predicted molar refractivity (Wildman–Crippen MR) is 73.3 cm³/mol. The van der Waals surface area contributed by atoms with Gasteiger partial charge in [0.05, 0.1) is 5.89 Å². The van der Waals surface area contributed by atoms with E-state index in [9.17, 15) is 4.79 Å². The minimum Gasteiger partial charge on any atom is -0.369 e. The first kappa shape index (κ1) is 8.76. The third kappa shape index (κ3) is 1.67. The van der Waals surface area contributed by atoms with Gasteiger partial charge >= 0.3 is 0 Å². The van der Waals surface area contributed by atoms with Crippen molar-refractivity contribution in [2.75, 3.05) is 0 Å². The summed E-state index contributed by atoms with van der Waals surface area (Å²) in [7, 11) is 0. The highest BCUT2D eigenvalue weighted by molar-refractivity contribution is 6.30. The van der Waals surface area contributed by atoms with Gasteiger partial charge in [-0.2, -0.15) is 0 Å². The van der Waals surface area contributed by atoms with Crippen molar-refractivity contribution in [2.24, 2.45) is 11.6 Å². The van der Waals surface area contributed by atoms with Crippen molar-refractivity contribution in [1.29, 1.82) is 0 Å². The lowest BCUT2D eigenvalue weighted by molar-refractivity contribution is -0.121. The van der Waals surface area contributed by atoms with E-state index in [1.807, 2.05) is 13.0 Å². The quantitative estimate of drug-likeness (QED) is 0.831. The molecule has 1 amide bonds. The molecule has 1 aromatic rings. The topological polar surface area (TPSA) is 43.1 Å². The van der Waals surface area contributed by atoms with Crippen LogP contribution in [0.3, 0.4) is 0 Å². The molecule has 0 heterocycles. The molecule has 3 rings (SSSR count). The molecular formula is C15H16ClNO. The fraction of sp³-hybridized carbons (Fsp3) is 0.400. The third-order valence-electron chi connectivity index (χ3n) is 3.70. The molecule has 0 aromatic heterocycles. The summed E-state index contributed by atoms with van der Waals surface area (Å²) in [5, 5.41) is 0.538. The van der Waals surface area contributed by atoms with Crippen molar-refractivity contribution < 1.29 is 8.91 Å². The predicted octanol–water partition coefficient (Wildman–Crippen LogP) is 3.24. The lowest BCUT2D eigenvalue weighted by Gasteiger charge is -2.22. The van der Waals surface area contributed by atoms with Crippen LogP contribution in [0.25, 0.3) is 5.57 Å². The maximum absolute atomic E-state index is 11.8. The number of amides is 1. The summed E-state index contributed by atoms with van der Waals surface area (Å²) in [4.78, 5) is 11.8. The lowest BCUT2D eigenvalue weighted by atomic mass is 9.82. The van der Waals surface area contributed by atoms with E-state index in [1.165, 1.54) is 0 Å². The number of hydrogen-bond acceptors (Lipinski definition) is 1. The number of primary amides is 1. The summed E-state index contributed by atoms with van der Waals surface area (Å²) in [6.45, 7) is 1.91. The van der Waals surface area contributed by atoms with E-state index < -0.39 is 18.2 Å². The molecule has 0 fully saturated rings. The maximum atomic E-state index is 11.8. The van der Waals surface area contributed by atoms with E-state index in [0.29, 0.717) is 22.6 Å². The largest absolute Gasteiger partial charge is 0.369 e. The Morgan fingerprint density at radius 3 is 3.11 bits per heavy atom. The third-order valence-corrected chi connectivity index (χ3v) is 3.92. The molecule has 0 saturated carbocycles. The molecule has 2 aliphatic carbocycles. The fourth-order valence-corrected chi connectivity index (χ4v) is 3.13. The van der Waals surface area contributed by atoms with Crippen LogP contribution >= 0.6 is 11.6 Å². The summed E-state index contributed by atoms with van der Waals surface area (Å²) in [5.74, 6) is -2.22. The second kappa shape index (κ2) is 4.13. The Balaban J connectivity index is 2.29. The van der Waals surface area contributed by atoms with Crippen LogP contribution in [0, 0.1) is 12.8 Å². The Kier molecular flexibility index (Phi) is 2.01. The van der Waals surface area contributed by atoms with Gasteiger partial charge in [0, 0.05) is 9.13 Å². The molecule has 0 bridgehead atoms. The molecule has 3 heteroatoms. The van der Waals surface area contributed by atoms with Gasteiger partial charge in [0.15, 0.2) is 0 Å². The van der Waals surface area contributed by atoms with Crippen LogP contribution in [0.4, 0.5) is 0 Å². The zero-order valence-electron chi connectivity index (χ0n) is 13.1. The molecule has 1 unspecified atom stereocenters. The van der Waals surface area contributed by atoms with Crippen LogP contribution in [-0.2, 0) is 11.2 Å². The second-order valence-electron chi connectivity index (χ2n) is 4.80. The standard InChI is InChI=1S/C15H16ClNO/c1-8-5-9(16)6-13-10-3-2-4-11(15(17)18)14(10)7-12(8)13/h5-6,11H,2-4,7H2,1H3,(H2,17,18)/i3D2,11D. The zero-order valence-corrected chi connectivity index (χ0v) is 10.9. The molecule has 2 aliphatic rings. The Labute approximate surface area is 116 Å². The van der Waals surface area contributed by atoms with E-state index in [-0.39, 0.29) is 12.8 Å². The number of hydrogen-bond donors (Lipinski definition) is 1. The van der Waals surface area contributed by atoms with Gasteiger partial charge < -0.3 is 5.73 Å². The number of halogens is 1. The highest BCUT2D eigenvalue weighted by Crippen LogP contribution is 2.45. The van der Waals surface area contributed by atoms with E-state index >= 15 is 0 Å². The molecule has 0 saturated heterocycles. The number of carbonyl (C=O) groups excluding carboxylic acids is 1. The Hall–Kier alpha value is -1.28. The number of allylic oxidation sites excluding steroid dienone is 1. The van der Waals surface area contributed by atoms with Crippen LogP contribution in [0.15, 0.2) is 17.7 Å². The Morgan fingerprint density at radius 2 is 2.39 bits per heavy atom. The lowest BCUT2D eigenvalue weighted by Crippen LogP contribution is -2.27. The van der Waals surface area contributed by atoms with Crippen LogP contribution in [-0.4, -0.2) is 5.91 Å². The van der Waals surface area contributed by atoms with Crippen molar-refractivity contribution in [3.8, 4) is 0 Å². The number of fused-ring (bicyclic) bond motifs is 2. The molecule has 0 radical (unpaired) electrons. The number of rotatable bonds is 1. The van der Waals surface area contributed by atoms with E-state index in [1.54, 1.807) is 6.07 Å². The van der Waals surface area contributed by atoms with Crippen LogP contribution in [0.2, 0.25) is 5.02 Å². The molecule has 18 heavy (non-hydrogen) atoms. The average Bonchev–Trinajstić information content (AvgIpc) is 2.76. The summed E-state index contributed by atoms with van der Waals surface area (Å²) < 4.78 is 25.0. The summed E-state index contributed by atoms with van der Waals surface area (Å²) in [5.41, 5.74) is 9.03. The van der Waals surface area contributed by atoms with Crippen LogP contribution in [0.1, 0.15) is 40.0 Å². The smallest absolute Gasteiger partial charge is 0.224 e. The molecule has 0 aliphatic heterocycles. The zero-order chi connectivity index (χ0) is 15.6. The number of aryl methyl sites for hydroxylation is 1. The molecule has 2 N–H and O–H groups in total. The van der Waals surface area contributed by atoms with Crippen LogP contribution in [0.5, 0.6) is 0 Å². The van der Waals surface area contributed by atoms with Gasteiger partial charge in [0.2, 0.25) is 5.91 Å². The maximum Gasteiger partial charge on any atom is 0.224 e. The van der Waals surface area contributed by atoms with Crippen molar-refractivity contribution >= 4 is 23.1 Å². The minimum absolute atomic E-state index is 0.114. The Bertz CT molecular complexity index is 698. The monoisotopic (exact) mass is 264 g/mol. The highest BCUT2D eigenvalue weighted by atomic mass is 35.5. The Morgan fingerprint density at radius 1 is 1.61 bits per heavy atom. The average molecular weight is 265 g/mol. The molecule has 1 atom stereocenters. The SMILES string of the molecule is [2H]C1([2H])CCC([2H])(C(N)=O)C2=C1c1cc(Cl)cc(C)c1C2. The van der Waals surface area contributed by atoms with Crippen LogP contribution < -0.4 is 5.73 Å². The number of carbonyl (C=O) groups is 1. The first-order valence-corrected chi connectivity index (χ1v) is 6.38. The summed E-state index contributed by atoms with van der Waals surface area (Å²) >= 11 is 6.10. The molecular weight excluding hydrogens is 246 g/mol. The second-order valence-corrected chi connectivity index (χ2v) is 5.24.